The minimum atomic E-state index is -4.50. The highest BCUT2D eigenvalue weighted by Crippen LogP contribution is 2.45. The van der Waals surface area contributed by atoms with E-state index in [1.807, 2.05) is 54.6 Å². The number of rotatable bonds is 18. The van der Waals surface area contributed by atoms with Gasteiger partial charge in [0.2, 0.25) is 11.8 Å². The number of sulfonamides is 1. The van der Waals surface area contributed by atoms with E-state index in [0.29, 0.717) is 54.9 Å². The van der Waals surface area contributed by atoms with Crippen LogP contribution in [0.15, 0.2) is 96.4 Å². The number of benzene rings is 3. The highest BCUT2D eigenvalue weighted by Gasteiger charge is 2.61. The van der Waals surface area contributed by atoms with Gasteiger partial charge < -0.3 is 30.5 Å². The zero-order valence-corrected chi connectivity index (χ0v) is 31.8. The van der Waals surface area contributed by atoms with Gasteiger partial charge in [-0.05, 0) is 43.5 Å². The first-order valence-electron chi connectivity index (χ1n) is 18.5. The third-order valence-electron chi connectivity index (χ3n) is 10.0. The van der Waals surface area contributed by atoms with Crippen molar-refractivity contribution in [3.05, 3.63) is 91.5 Å². The molecule has 1 saturated heterocycles. The van der Waals surface area contributed by atoms with Gasteiger partial charge in [0.15, 0.2) is 0 Å². The molecule has 3 aromatic carbocycles. The topological polar surface area (TPSA) is 202 Å². The Morgan fingerprint density at radius 3 is 2.43 bits per heavy atom. The Morgan fingerprint density at radius 1 is 0.982 bits per heavy atom. The molecule has 1 aliphatic heterocycles. The molecule has 0 bridgehead atoms. The molecular weight excluding hydrogens is 739 g/mol. The van der Waals surface area contributed by atoms with E-state index < -0.39 is 57.3 Å². The minimum Gasteiger partial charge on any atom is -0.497 e. The van der Waals surface area contributed by atoms with Gasteiger partial charge in [-0.3, -0.25) is 19.2 Å². The van der Waals surface area contributed by atoms with E-state index in [-0.39, 0.29) is 36.3 Å². The highest BCUT2D eigenvalue weighted by atomic mass is 32.2. The number of hydrogen-bond acceptors (Lipinski definition) is 10. The van der Waals surface area contributed by atoms with Crippen molar-refractivity contribution in [2.75, 3.05) is 19.0 Å². The van der Waals surface area contributed by atoms with Crippen molar-refractivity contribution in [1.82, 2.24) is 20.3 Å². The van der Waals surface area contributed by atoms with Crippen LogP contribution in [0.1, 0.15) is 51.4 Å². The van der Waals surface area contributed by atoms with Gasteiger partial charge >= 0.3 is 5.97 Å². The molecule has 6 rings (SSSR count). The van der Waals surface area contributed by atoms with Crippen LogP contribution in [-0.2, 0) is 29.2 Å². The molecule has 0 spiro atoms. The first kappa shape index (κ1) is 39.9. The smallest absolute Gasteiger partial charge is 0.303 e. The van der Waals surface area contributed by atoms with Crippen molar-refractivity contribution in [3.63, 3.8) is 0 Å². The lowest BCUT2D eigenvalue weighted by Gasteiger charge is -2.21. The summed E-state index contributed by atoms with van der Waals surface area (Å²) in [7, 11) is -2.91. The van der Waals surface area contributed by atoms with Gasteiger partial charge in [-0.1, -0.05) is 61.4 Å². The summed E-state index contributed by atoms with van der Waals surface area (Å²) in [6.45, 7) is 4.11. The fourth-order valence-corrected chi connectivity index (χ4v) is 8.07. The highest BCUT2D eigenvalue weighted by molar-refractivity contribution is 7.90. The van der Waals surface area contributed by atoms with E-state index in [9.17, 15) is 27.6 Å². The number of para-hydroxylation sites is 1. The number of carbonyl (C=O) groups excluding carboxylic acids is 3. The monoisotopic (exact) mass is 783 g/mol. The molecule has 1 aromatic heterocycles. The van der Waals surface area contributed by atoms with Crippen molar-refractivity contribution < 1.29 is 42.2 Å². The maximum Gasteiger partial charge on any atom is 0.303 e. The lowest BCUT2D eigenvalue weighted by molar-refractivity contribution is -0.137. The number of nitrogens with one attached hydrogen (secondary N) is 4. The summed E-state index contributed by atoms with van der Waals surface area (Å²) >= 11 is 0. The van der Waals surface area contributed by atoms with Gasteiger partial charge in [-0.25, -0.2) is 18.1 Å². The van der Waals surface area contributed by atoms with Crippen LogP contribution in [0.2, 0.25) is 0 Å². The number of unbranched alkanes of at least 4 members (excludes halogenated alkanes) is 3. The van der Waals surface area contributed by atoms with E-state index in [0.717, 1.165) is 10.9 Å². The van der Waals surface area contributed by atoms with Crippen LogP contribution < -0.4 is 30.1 Å². The Hall–Kier alpha value is -5.80. The van der Waals surface area contributed by atoms with Crippen LogP contribution in [0.5, 0.6) is 11.5 Å². The van der Waals surface area contributed by atoms with E-state index in [1.54, 1.807) is 13.2 Å². The van der Waals surface area contributed by atoms with Gasteiger partial charge in [0.25, 0.3) is 15.9 Å². The second kappa shape index (κ2) is 17.3. The summed E-state index contributed by atoms with van der Waals surface area (Å²) in [5.74, 6) is -1.98. The van der Waals surface area contributed by atoms with Crippen LogP contribution in [0.4, 0.5) is 5.69 Å². The summed E-state index contributed by atoms with van der Waals surface area (Å²) in [6.07, 6.45) is 3.99. The largest absolute Gasteiger partial charge is 0.497 e. The molecule has 1 saturated carbocycles. The Labute approximate surface area is 325 Å². The molecule has 5 N–H and O–H groups in total. The zero-order chi connectivity index (χ0) is 39.9. The van der Waals surface area contributed by atoms with E-state index in [1.165, 1.54) is 24.3 Å². The maximum absolute atomic E-state index is 13.7. The average molecular weight is 784 g/mol. The Bertz CT molecular complexity index is 2230. The van der Waals surface area contributed by atoms with Crippen molar-refractivity contribution >= 4 is 50.3 Å². The lowest BCUT2D eigenvalue weighted by atomic mass is 10.1. The summed E-state index contributed by atoms with van der Waals surface area (Å²) in [6, 6.07) is 22.1. The first-order valence-corrected chi connectivity index (χ1v) is 20.0. The van der Waals surface area contributed by atoms with Crippen LogP contribution >= 0.6 is 0 Å². The van der Waals surface area contributed by atoms with Crippen LogP contribution in [-0.4, -0.2) is 73.5 Å². The van der Waals surface area contributed by atoms with Crippen molar-refractivity contribution in [2.45, 2.75) is 73.9 Å². The number of carbonyl (C=O) groups is 4. The molecule has 2 fully saturated rings. The quantitative estimate of drug-likeness (QED) is 0.0675. The van der Waals surface area contributed by atoms with Crippen molar-refractivity contribution in [2.24, 2.45) is 5.92 Å². The van der Waals surface area contributed by atoms with Crippen molar-refractivity contribution in [3.8, 4) is 22.8 Å². The number of anilines is 1. The van der Waals surface area contributed by atoms with Gasteiger partial charge in [0, 0.05) is 54.8 Å². The molecular formula is C41H45N5O9S. The average Bonchev–Trinajstić information content (AvgIpc) is 3.71. The zero-order valence-electron chi connectivity index (χ0n) is 31.0. The van der Waals surface area contributed by atoms with Gasteiger partial charge in [-0.2, -0.15) is 0 Å². The number of methoxy groups -OCH3 is 1. The molecule has 294 valence electrons. The molecule has 2 heterocycles. The molecule has 0 radical (unpaired) electrons. The number of aromatic nitrogens is 1. The second-order valence-corrected chi connectivity index (χ2v) is 15.6. The summed E-state index contributed by atoms with van der Waals surface area (Å²) < 4.78 is 41.2. The van der Waals surface area contributed by atoms with E-state index in [2.05, 4.69) is 27.3 Å². The molecule has 56 heavy (non-hydrogen) atoms. The number of fused-ring (bicyclic) bond motifs is 1. The minimum absolute atomic E-state index is 0.00368. The van der Waals surface area contributed by atoms with Crippen LogP contribution in [0.25, 0.3) is 22.2 Å². The van der Waals surface area contributed by atoms with Crippen molar-refractivity contribution in [1.29, 1.82) is 0 Å². The second-order valence-electron chi connectivity index (χ2n) is 14.0. The molecule has 2 aliphatic rings. The first-order chi connectivity index (χ1) is 26.9. The number of carboxylic acids is 1. The summed E-state index contributed by atoms with van der Waals surface area (Å²) in [5, 5.41) is 18.1. The Kier molecular flexibility index (Phi) is 12.3. The fraction of sp³-hybridized carbons (Fsp3) is 0.341. The number of hydrogen-bond donors (Lipinski definition) is 5. The standard InChI is InChI=1S/C41H45N5O9S/c1-3-27-24-41(27,40(51)46-56(52,53)36-16-12-11-15-31(36)44-37(47)17-9-4-5-10-18-38(48)49)45-39(50)34-22-29(25-42-34)55-35-23-32(26-13-7-6-8-14-26)43-33-21-28(54-2)19-20-30(33)35/h3,6-8,11-16,19-21,23,27,29,34,42H,1,4-5,9-10,17-18,22,24-25H2,2H3,(H,44,47)(H,45,50)(H,46,51)(H,48,49)/t27-,29-,34+,41+/m1/s1. The number of ether oxygens (including phenoxy) is 2. The molecule has 14 nitrogen and oxygen atoms in total. The predicted molar refractivity (Wildman–Crippen MR) is 209 cm³/mol. The molecule has 4 atom stereocenters. The summed E-state index contributed by atoms with van der Waals surface area (Å²) in [4.78, 5) is 55.3. The molecule has 1 aliphatic carbocycles. The lowest BCUT2D eigenvalue weighted by Crippen LogP contribution is -2.55. The normalized spacial score (nSPS) is 20.1. The van der Waals surface area contributed by atoms with Gasteiger partial charge in [-0.15, -0.1) is 6.58 Å². The maximum atomic E-state index is 13.7. The number of pyridine rings is 1. The van der Waals surface area contributed by atoms with Gasteiger partial charge in [0.05, 0.1) is 30.0 Å². The summed E-state index contributed by atoms with van der Waals surface area (Å²) in [5.41, 5.74) is 0.745. The Balaban J connectivity index is 1.09. The van der Waals surface area contributed by atoms with Crippen LogP contribution in [0.3, 0.4) is 0 Å². The van der Waals surface area contributed by atoms with Crippen LogP contribution in [0, 0.1) is 5.92 Å². The molecule has 15 heteroatoms. The van der Waals surface area contributed by atoms with Gasteiger partial charge in [0.1, 0.15) is 28.0 Å². The number of nitrogens with zero attached hydrogens (tertiary/aromatic N) is 1. The SMILES string of the molecule is C=C[C@@H]1C[C@@]1(NC(=O)[C@@H]1C[C@@H](Oc2cc(-c3ccccc3)nc3cc(OC)ccc23)CN1)C(=O)NS(=O)(=O)c1ccccc1NC(=O)CCCCCCC(=O)O. The third-order valence-corrected chi connectivity index (χ3v) is 11.4. The van der Waals surface area contributed by atoms with E-state index in [4.69, 9.17) is 19.6 Å². The number of carboxylic acid groups (broad SMARTS) is 1. The molecule has 4 aromatic rings. The Morgan fingerprint density at radius 2 is 1.71 bits per heavy atom. The number of amides is 3. The molecule has 3 amide bonds. The third kappa shape index (κ3) is 9.34. The molecule has 0 unspecified atom stereocenters. The fourth-order valence-electron chi connectivity index (χ4n) is 6.87. The van der Waals surface area contributed by atoms with E-state index >= 15 is 0 Å². The number of aliphatic carboxylic acids is 1. The predicted octanol–water partition coefficient (Wildman–Crippen LogP) is 4.95.